The summed E-state index contributed by atoms with van der Waals surface area (Å²) in [6.07, 6.45) is 12.4. The minimum Gasteiger partial charge on any atom is -0.339 e. The lowest BCUT2D eigenvalue weighted by atomic mass is 9.98. The lowest BCUT2D eigenvalue weighted by Crippen LogP contribution is -2.48. The molecule has 1 saturated carbocycles. The molecule has 180 valence electrons. The Morgan fingerprint density at radius 1 is 0.912 bits per heavy atom. The molecule has 0 atom stereocenters. The van der Waals surface area contributed by atoms with Gasteiger partial charge in [-0.3, -0.25) is 14.3 Å². The quantitative estimate of drug-likeness (QED) is 0.628. The SMILES string of the molecule is Cc1cc2[nH]c(=O)c3cnn(C4CCCC4)c3c2cc1C(=O)N1CCC(N2CCCCC2)CC1. The third-order valence-corrected chi connectivity index (χ3v) is 8.47. The number of hydrogen-bond donors (Lipinski definition) is 1. The number of H-pyrrole nitrogens is 1. The Hall–Kier alpha value is -2.67. The van der Waals surface area contributed by atoms with Gasteiger partial charge in [-0.1, -0.05) is 19.3 Å². The average molecular weight is 462 g/mol. The van der Waals surface area contributed by atoms with Crippen molar-refractivity contribution in [3.8, 4) is 0 Å². The van der Waals surface area contributed by atoms with Crippen molar-refractivity contribution in [1.29, 1.82) is 0 Å². The number of likely N-dealkylation sites (tertiary alicyclic amines) is 2. The fourth-order valence-corrected chi connectivity index (χ4v) is 6.54. The van der Waals surface area contributed by atoms with E-state index in [1.165, 1.54) is 45.2 Å². The van der Waals surface area contributed by atoms with Crippen molar-refractivity contribution in [2.75, 3.05) is 26.2 Å². The van der Waals surface area contributed by atoms with Crippen molar-refractivity contribution >= 4 is 27.7 Å². The number of aromatic amines is 1. The predicted octanol–water partition coefficient (Wildman–Crippen LogP) is 4.39. The summed E-state index contributed by atoms with van der Waals surface area (Å²) in [4.78, 5) is 34.1. The highest BCUT2D eigenvalue weighted by Gasteiger charge is 2.29. The summed E-state index contributed by atoms with van der Waals surface area (Å²) in [6.45, 7) is 6.04. The zero-order valence-corrected chi connectivity index (χ0v) is 20.2. The Morgan fingerprint density at radius 3 is 2.38 bits per heavy atom. The Balaban J connectivity index is 1.32. The number of aromatic nitrogens is 3. The van der Waals surface area contributed by atoms with Crippen LogP contribution in [0.15, 0.2) is 23.1 Å². The zero-order chi connectivity index (χ0) is 23.2. The summed E-state index contributed by atoms with van der Waals surface area (Å²) in [7, 11) is 0. The van der Waals surface area contributed by atoms with E-state index in [0.29, 0.717) is 17.5 Å². The molecular formula is C27H35N5O2. The lowest BCUT2D eigenvalue weighted by molar-refractivity contribution is 0.0589. The van der Waals surface area contributed by atoms with Gasteiger partial charge in [0.2, 0.25) is 0 Å². The summed E-state index contributed by atoms with van der Waals surface area (Å²) in [5.41, 5.74) is 3.22. The van der Waals surface area contributed by atoms with E-state index < -0.39 is 0 Å². The van der Waals surface area contributed by atoms with Crippen LogP contribution in [0.2, 0.25) is 0 Å². The molecule has 3 aliphatic rings. The predicted molar refractivity (Wildman–Crippen MR) is 134 cm³/mol. The van der Waals surface area contributed by atoms with Crippen LogP contribution in [0.3, 0.4) is 0 Å². The molecule has 34 heavy (non-hydrogen) atoms. The maximum absolute atomic E-state index is 13.6. The average Bonchev–Trinajstić information content (AvgIpc) is 3.55. The second kappa shape index (κ2) is 8.84. The Morgan fingerprint density at radius 2 is 1.65 bits per heavy atom. The van der Waals surface area contributed by atoms with Gasteiger partial charge in [0.15, 0.2) is 0 Å². The fraction of sp³-hybridized carbons (Fsp3) is 0.593. The van der Waals surface area contributed by atoms with E-state index in [1.54, 1.807) is 6.20 Å². The van der Waals surface area contributed by atoms with Crippen LogP contribution in [-0.4, -0.2) is 62.7 Å². The molecule has 1 amide bonds. The van der Waals surface area contributed by atoms with Crippen LogP contribution in [0.1, 0.15) is 79.8 Å². The van der Waals surface area contributed by atoms with E-state index in [-0.39, 0.29) is 11.5 Å². The maximum Gasteiger partial charge on any atom is 0.259 e. The summed E-state index contributed by atoms with van der Waals surface area (Å²) in [5, 5.41) is 6.17. The highest BCUT2D eigenvalue weighted by atomic mass is 16.2. The third kappa shape index (κ3) is 3.74. The first kappa shape index (κ1) is 21.8. The maximum atomic E-state index is 13.6. The molecule has 6 rings (SSSR count). The molecule has 1 aliphatic carbocycles. The molecule has 2 aliphatic heterocycles. The smallest absolute Gasteiger partial charge is 0.259 e. The Bertz CT molecular complexity index is 1270. The van der Waals surface area contributed by atoms with Gasteiger partial charge >= 0.3 is 0 Å². The largest absolute Gasteiger partial charge is 0.339 e. The molecule has 0 bridgehead atoms. The second-order valence-electron chi connectivity index (χ2n) is 10.6. The number of carbonyl (C=O) groups excluding carboxylic acids is 1. The first-order valence-electron chi connectivity index (χ1n) is 13.2. The van der Waals surface area contributed by atoms with Crippen molar-refractivity contribution < 1.29 is 4.79 Å². The van der Waals surface area contributed by atoms with Crippen LogP contribution >= 0.6 is 0 Å². The van der Waals surface area contributed by atoms with Crippen LogP contribution in [0.25, 0.3) is 21.8 Å². The second-order valence-corrected chi connectivity index (χ2v) is 10.6. The van der Waals surface area contributed by atoms with E-state index in [4.69, 9.17) is 0 Å². The molecule has 3 fully saturated rings. The van der Waals surface area contributed by atoms with Gasteiger partial charge in [-0.05, 0) is 76.2 Å². The Labute approximate surface area is 200 Å². The van der Waals surface area contributed by atoms with E-state index in [9.17, 15) is 9.59 Å². The van der Waals surface area contributed by atoms with E-state index in [1.807, 2.05) is 28.6 Å². The molecule has 7 nitrogen and oxygen atoms in total. The number of nitrogens with one attached hydrogen (secondary N) is 1. The number of nitrogens with zero attached hydrogens (tertiary/aromatic N) is 4. The topological polar surface area (TPSA) is 74.2 Å². The molecule has 0 spiro atoms. The Kier molecular flexibility index (Phi) is 5.68. The summed E-state index contributed by atoms with van der Waals surface area (Å²) >= 11 is 0. The monoisotopic (exact) mass is 461 g/mol. The van der Waals surface area contributed by atoms with Crippen molar-refractivity contribution in [1.82, 2.24) is 24.6 Å². The lowest BCUT2D eigenvalue weighted by Gasteiger charge is -2.40. The van der Waals surface area contributed by atoms with Gasteiger partial charge in [0, 0.05) is 30.1 Å². The molecule has 3 aromatic rings. The van der Waals surface area contributed by atoms with Crippen molar-refractivity contribution in [2.24, 2.45) is 0 Å². The van der Waals surface area contributed by atoms with E-state index >= 15 is 0 Å². The highest BCUT2D eigenvalue weighted by Crippen LogP contribution is 2.34. The summed E-state index contributed by atoms with van der Waals surface area (Å²) in [5.74, 6) is 0.114. The number of fused-ring (bicyclic) bond motifs is 3. The number of amides is 1. The van der Waals surface area contributed by atoms with Crippen LogP contribution in [0.5, 0.6) is 0 Å². The first-order valence-corrected chi connectivity index (χ1v) is 13.2. The zero-order valence-electron chi connectivity index (χ0n) is 20.2. The van der Waals surface area contributed by atoms with Crippen molar-refractivity contribution in [3.05, 3.63) is 39.8 Å². The van der Waals surface area contributed by atoms with Crippen LogP contribution in [0, 0.1) is 6.92 Å². The summed E-state index contributed by atoms with van der Waals surface area (Å²) in [6, 6.07) is 4.93. The molecule has 2 saturated heterocycles. The minimum atomic E-state index is -0.106. The molecule has 1 aromatic carbocycles. The molecule has 2 aromatic heterocycles. The molecule has 4 heterocycles. The molecule has 1 N–H and O–H groups in total. The van der Waals surface area contributed by atoms with Crippen LogP contribution in [-0.2, 0) is 0 Å². The first-order chi connectivity index (χ1) is 16.6. The van der Waals surface area contributed by atoms with Gasteiger partial charge in [-0.2, -0.15) is 5.10 Å². The highest BCUT2D eigenvalue weighted by molar-refractivity contribution is 6.07. The number of aryl methyl sites for hydroxylation is 1. The normalized spacial score (nSPS) is 21.1. The molecular weight excluding hydrogens is 426 g/mol. The number of rotatable bonds is 3. The van der Waals surface area contributed by atoms with Gasteiger partial charge in [-0.15, -0.1) is 0 Å². The van der Waals surface area contributed by atoms with Crippen LogP contribution in [0.4, 0.5) is 0 Å². The van der Waals surface area contributed by atoms with Crippen molar-refractivity contribution in [2.45, 2.75) is 76.8 Å². The minimum absolute atomic E-state index is 0.106. The van der Waals surface area contributed by atoms with Gasteiger partial charge in [-0.25, -0.2) is 0 Å². The molecule has 7 heteroatoms. The van der Waals surface area contributed by atoms with E-state index in [0.717, 1.165) is 66.3 Å². The van der Waals surface area contributed by atoms with Gasteiger partial charge < -0.3 is 14.8 Å². The van der Waals surface area contributed by atoms with Gasteiger partial charge in [0.05, 0.1) is 28.7 Å². The molecule has 0 radical (unpaired) electrons. The fourth-order valence-electron chi connectivity index (χ4n) is 6.54. The number of hydrogen-bond acceptors (Lipinski definition) is 4. The van der Waals surface area contributed by atoms with Crippen molar-refractivity contribution in [3.63, 3.8) is 0 Å². The number of pyridine rings is 1. The molecule has 0 unspecified atom stereocenters. The number of benzene rings is 1. The number of carbonyl (C=O) groups is 1. The van der Waals surface area contributed by atoms with Gasteiger partial charge in [0.25, 0.3) is 11.5 Å². The third-order valence-electron chi connectivity index (χ3n) is 8.47. The number of piperidine rings is 2. The van der Waals surface area contributed by atoms with E-state index in [2.05, 4.69) is 15.0 Å². The van der Waals surface area contributed by atoms with Crippen LogP contribution < -0.4 is 5.56 Å². The standard InChI is InChI=1S/C27H35N5O2/c1-18-15-24-22(25-23(26(33)29-24)17-28-32(25)20-7-3-4-8-20)16-21(18)27(34)31-13-9-19(10-14-31)30-11-5-2-6-12-30/h15-17,19-20H,2-14H2,1H3,(H,29,33). The summed E-state index contributed by atoms with van der Waals surface area (Å²) < 4.78 is 2.05. The van der Waals surface area contributed by atoms with Gasteiger partial charge in [0.1, 0.15) is 0 Å².